The molecule has 1 aliphatic rings. The Morgan fingerprint density at radius 3 is 2.59 bits per heavy atom. The molecule has 200 valence electrons. The van der Waals surface area contributed by atoms with E-state index in [2.05, 4.69) is 4.98 Å². The molecule has 2 aromatic carbocycles. The normalized spacial score (nSPS) is 15.3. The van der Waals surface area contributed by atoms with Gasteiger partial charge in [0.25, 0.3) is 5.91 Å². The van der Waals surface area contributed by atoms with Crippen LogP contribution in [0.25, 0.3) is 11.0 Å². The van der Waals surface area contributed by atoms with Crippen molar-refractivity contribution in [2.45, 2.75) is 26.8 Å². The van der Waals surface area contributed by atoms with Crippen LogP contribution in [0.4, 0.5) is 5.13 Å². The second-order valence-corrected chi connectivity index (χ2v) is 9.76. The van der Waals surface area contributed by atoms with E-state index in [1.54, 1.807) is 32.0 Å². The molecule has 3 heterocycles. The van der Waals surface area contributed by atoms with Crippen LogP contribution in [-0.4, -0.2) is 46.4 Å². The van der Waals surface area contributed by atoms with Gasteiger partial charge in [-0.1, -0.05) is 29.5 Å². The van der Waals surface area contributed by atoms with E-state index in [-0.39, 0.29) is 40.4 Å². The zero-order valence-corrected chi connectivity index (χ0v) is 22.3. The maximum Gasteiger partial charge on any atom is 0.296 e. The summed E-state index contributed by atoms with van der Waals surface area (Å²) in [6, 6.07) is 9.90. The fourth-order valence-corrected chi connectivity index (χ4v) is 5.56. The number of anilines is 1. The van der Waals surface area contributed by atoms with Gasteiger partial charge in [-0.3, -0.25) is 19.3 Å². The Bertz CT molecular complexity index is 1680. The molecule has 0 saturated carbocycles. The Morgan fingerprint density at radius 1 is 1.15 bits per heavy atom. The Kier molecular flexibility index (Phi) is 6.61. The summed E-state index contributed by atoms with van der Waals surface area (Å²) in [7, 11) is 1.47. The second kappa shape index (κ2) is 9.91. The first kappa shape index (κ1) is 26.0. The van der Waals surface area contributed by atoms with Gasteiger partial charge in [0, 0.05) is 12.3 Å². The zero-order chi connectivity index (χ0) is 28.0. The molecule has 2 aromatic heterocycles. The van der Waals surface area contributed by atoms with Crippen LogP contribution >= 0.6 is 11.3 Å². The Labute approximate surface area is 226 Å². The first-order chi connectivity index (χ1) is 18.7. The number of carbonyl (C=O) groups is 3. The highest BCUT2D eigenvalue weighted by molar-refractivity contribution is 7.17. The number of Topliss-reactive ketones (excluding diaryl/α,β-unsaturated/α-hetero) is 2. The van der Waals surface area contributed by atoms with Crippen molar-refractivity contribution in [3.8, 4) is 17.2 Å². The Morgan fingerprint density at radius 2 is 1.92 bits per heavy atom. The highest BCUT2D eigenvalue weighted by Gasteiger charge is 2.47. The number of ether oxygens (including phenoxy) is 2. The smallest absolute Gasteiger partial charge is 0.296 e. The second-order valence-electron chi connectivity index (χ2n) is 8.79. The molecule has 1 aliphatic heterocycles. The summed E-state index contributed by atoms with van der Waals surface area (Å²) >= 11 is 0.980. The predicted octanol–water partition coefficient (Wildman–Crippen LogP) is 5.30. The zero-order valence-electron chi connectivity index (χ0n) is 21.5. The van der Waals surface area contributed by atoms with Crippen molar-refractivity contribution >= 4 is 44.9 Å². The van der Waals surface area contributed by atoms with Gasteiger partial charge in [0.15, 0.2) is 45.3 Å². The number of aliphatic hydroxyl groups is 1. The quantitative estimate of drug-likeness (QED) is 0.281. The van der Waals surface area contributed by atoms with E-state index in [0.29, 0.717) is 32.9 Å². The van der Waals surface area contributed by atoms with Crippen molar-refractivity contribution in [1.82, 2.24) is 4.98 Å². The van der Waals surface area contributed by atoms with Crippen molar-refractivity contribution in [1.29, 1.82) is 0 Å². The number of aromatic nitrogens is 1. The van der Waals surface area contributed by atoms with Crippen molar-refractivity contribution < 1.29 is 38.5 Å². The fourth-order valence-electron chi connectivity index (χ4n) is 4.58. The Hall–Kier alpha value is -4.64. The Balaban J connectivity index is 1.69. The van der Waals surface area contributed by atoms with Crippen LogP contribution in [0.5, 0.6) is 17.2 Å². The number of phenolic OH excluding ortho intramolecular Hbond substituents is 1. The van der Waals surface area contributed by atoms with Crippen LogP contribution in [-0.2, 0) is 4.79 Å². The lowest BCUT2D eigenvalue weighted by Crippen LogP contribution is -2.31. The molecule has 1 amide bonds. The minimum Gasteiger partial charge on any atom is -0.504 e. The third-order valence-electron chi connectivity index (χ3n) is 6.32. The van der Waals surface area contributed by atoms with E-state index >= 15 is 0 Å². The molecule has 39 heavy (non-hydrogen) atoms. The number of thiazole rings is 1. The lowest BCUT2D eigenvalue weighted by molar-refractivity contribution is -0.117. The van der Waals surface area contributed by atoms with Gasteiger partial charge in [-0.15, -0.1) is 0 Å². The lowest BCUT2D eigenvalue weighted by Gasteiger charge is -2.24. The number of hydrogen-bond donors (Lipinski definition) is 2. The SMILES string of the molecule is CCOc1cc(C2C(C(=O)c3cc4cccc(OC)c4o3)=C(O)C(=O)N2c2nc(C)c(C(C)=O)s2)ccc1O. The topological polar surface area (TPSA) is 139 Å². The molecular formula is C28H24N2O8S. The van der Waals surface area contributed by atoms with E-state index in [0.717, 1.165) is 16.2 Å². The van der Waals surface area contributed by atoms with Crippen LogP contribution in [0.15, 0.2) is 58.2 Å². The van der Waals surface area contributed by atoms with Gasteiger partial charge in [0.2, 0.25) is 5.78 Å². The number of amides is 1. The summed E-state index contributed by atoms with van der Waals surface area (Å²) in [5.41, 5.74) is 0.871. The van der Waals surface area contributed by atoms with Gasteiger partial charge in [-0.05, 0) is 43.7 Å². The third-order valence-corrected chi connectivity index (χ3v) is 7.57. The maximum atomic E-state index is 13.9. The number of methoxy groups -OCH3 is 1. The first-order valence-electron chi connectivity index (χ1n) is 12.0. The van der Waals surface area contributed by atoms with E-state index < -0.39 is 23.5 Å². The van der Waals surface area contributed by atoms with Crippen molar-refractivity contribution in [2.75, 3.05) is 18.6 Å². The average Bonchev–Trinajstić information content (AvgIpc) is 3.59. The number of aromatic hydroxyl groups is 1. The van der Waals surface area contributed by atoms with Gasteiger partial charge in [0.05, 0.1) is 35.9 Å². The van der Waals surface area contributed by atoms with E-state index in [1.165, 1.54) is 38.3 Å². The van der Waals surface area contributed by atoms with Gasteiger partial charge < -0.3 is 24.1 Å². The lowest BCUT2D eigenvalue weighted by atomic mass is 9.95. The van der Waals surface area contributed by atoms with Crippen molar-refractivity contribution in [2.24, 2.45) is 0 Å². The minimum absolute atomic E-state index is 0.112. The predicted molar refractivity (Wildman–Crippen MR) is 143 cm³/mol. The van der Waals surface area contributed by atoms with Gasteiger partial charge >= 0.3 is 0 Å². The molecule has 2 N–H and O–H groups in total. The molecule has 1 atom stereocenters. The number of aliphatic hydroxyl groups excluding tert-OH is 1. The molecule has 10 nitrogen and oxygen atoms in total. The minimum atomic E-state index is -1.16. The van der Waals surface area contributed by atoms with Crippen molar-refractivity contribution in [3.05, 3.63) is 75.7 Å². The molecule has 0 bridgehead atoms. The van der Waals surface area contributed by atoms with Crippen LogP contribution in [0.2, 0.25) is 0 Å². The first-order valence-corrected chi connectivity index (χ1v) is 12.8. The molecule has 0 fully saturated rings. The van der Waals surface area contributed by atoms with E-state index in [9.17, 15) is 24.6 Å². The number of para-hydroxylation sites is 1. The number of rotatable bonds is 8. The molecule has 0 saturated heterocycles. The van der Waals surface area contributed by atoms with E-state index in [1.807, 2.05) is 0 Å². The third kappa shape index (κ3) is 4.30. The van der Waals surface area contributed by atoms with Crippen LogP contribution < -0.4 is 14.4 Å². The maximum absolute atomic E-state index is 13.9. The monoisotopic (exact) mass is 548 g/mol. The number of phenols is 1. The summed E-state index contributed by atoms with van der Waals surface area (Å²) < 4.78 is 16.7. The number of benzene rings is 2. The van der Waals surface area contributed by atoms with Crippen molar-refractivity contribution in [3.63, 3.8) is 0 Å². The van der Waals surface area contributed by atoms with Crippen LogP contribution in [0, 0.1) is 6.92 Å². The number of hydrogen-bond acceptors (Lipinski definition) is 10. The number of furan rings is 1. The molecule has 11 heteroatoms. The number of nitrogens with zero attached hydrogens (tertiary/aromatic N) is 2. The number of ketones is 2. The fraction of sp³-hybridized carbons (Fsp3) is 0.214. The molecule has 0 radical (unpaired) electrons. The van der Waals surface area contributed by atoms with Crippen LogP contribution in [0.1, 0.15) is 51.4 Å². The van der Waals surface area contributed by atoms with Gasteiger partial charge in [-0.2, -0.15) is 0 Å². The molecular weight excluding hydrogens is 524 g/mol. The average molecular weight is 549 g/mol. The molecule has 0 aliphatic carbocycles. The van der Waals surface area contributed by atoms with E-state index in [4.69, 9.17) is 13.9 Å². The number of fused-ring (bicyclic) bond motifs is 1. The summed E-state index contributed by atoms with van der Waals surface area (Å²) in [5.74, 6) is -2.29. The summed E-state index contributed by atoms with van der Waals surface area (Å²) in [6.45, 7) is 5.03. The van der Waals surface area contributed by atoms with Gasteiger partial charge in [-0.25, -0.2) is 4.98 Å². The number of aryl methyl sites for hydroxylation is 1. The summed E-state index contributed by atoms with van der Waals surface area (Å²) in [5, 5.41) is 22.1. The summed E-state index contributed by atoms with van der Waals surface area (Å²) in [6.07, 6.45) is 0. The van der Waals surface area contributed by atoms with Gasteiger partial charge in [0.1, 0.15) is 0 Å². The molecule has 4 aromatic rings. The molecule has 5 rings (SSSR count). The molecule has 0 spiro atoms. The number of carbonyl (C=O) groups excluding carboxylic acids is 3. The molecule has 1 unspecified atom stereocenters. The van der Waals surface area contributed by atoms with Crippen LogP contribution in [0.3, 0.4) is 0 Å². The summed E-state index contributed by atoms with van der Waals surface area (Å²) in [4.78, 5) is 45.4. The standard InChI is InChI=1S/C28H24N2O8S/c1-5-37-19-11-15(9-10-17(19)32)22-21(23(33)20-12-16-7-6-8-18(36-4)25(16)38-20)24(34)27(35)30(22)28-29-13(2)26(39-28)14(3)31/h6-12,22,32,34H,5H2,1-4H3. The largest absolute Gasteiger partial charge is 0.504 e. The highest BCUT2D eigenvalue weighted by Crippen LogP contribution is 2.45. The highest BCUT2D eigenvalue weighted by atomic mass is 32.1.